The Kier molecular flexibility index (Phi) is 45.0. The Morgan fingerprint density at radius 3 is 1.25 bits per heavy atom. The van der Waals surface area contributed by atoms with E-state index in [1.807, 2.05) is 0 Å². The molecule has 0 fully saturated rings. The maximum Gasteiger partial charge on any atom is 0.472 e. The van der Waals surface area contributed by atoms with E-state index < -0.39 is 51.1 Å². The summed E-state index contributed by atoms with van der Waals surface area (Å²) in [6, 6.07) is -1.52. The molecule has 0 aliphatic carbocycles. The van der Waals surface area contributed by atoms with Gasteiger partial charge in [0.25, 0.3) is 0 Å². The SMILES string of the molecule is CCCCCC/C=C\C/C=C\CCCCCCCCCC(=O)OC(COC(=O)CCCCCCCCCCCCCCCCCCCCCCC)COP(=O)(O)OCC(N)C(=O)O. The number of phosphoric acid groups is 1. The van der Waals surface area contributed by atoms with Crippen molar-refractivity contribution in [2.75, 3.05) is 19.8 Å². The standard InChI is InChI=1S/C51H96NO10P/c1-3-5-7-9-11-13-15-17-19-21-23-24-25-27-28-30-32-34-36-38-40-42-49(53)59-44-47(45-60-63(57,58)61-46-48(52)51(55)56)62-50(54)43-41-39-37-35-33-31-29-26-22-20-18-16-14-12-10-8-6-4-2/h14,16,20,22,47-48H,3-13,15,17-19,21,23-46,52H2,1-2H3,(H,55,56)(H,57,58)/b16-14-,22-20-. The largest absolute Gasteiger partial charge is 0.480 e. The molecule has 0 amide bonds. The first-order valence-electron chi connectivity index (χ1n) is 25.9. The van der Waals surface area contributed by atoms with E-state index in [1.165, 1.54) is 154 Å². The zero-order chi connectivity index (χ0) is 46.3. The van der Waals surface area contributed by atoms with Crippen LogP contribution in [0.5, 0.6) is 0 Å². The van der Waals surface area contributed by atoms with Crippen LogP contribution in [-0.4, -0.2) is 59.9 Å². The van der Waals surface area contributed by atoms with Gasteiger partial charge >= 0.3 is 25.7 Å². The zero-order valence-electron chi connectivity index (χ0n) is 40.4. The highest BCUT2D eigenvalue weighted by Crippen LogP contribution is 2.43. The number of hydrogen-bond donors (Lipinski definition) is 3. The lowest BCUT2D eigenvalue weighted by atomic mass is 10.0. The normalized spacial score (nSPS) is 13.7. The number of hydrogen-bond acceptors (Lipinski definition) is 9. The van der Waals surface area contributed by atoms with Gasteiger partial charge in [0.15, 0.2) is 6.10 Å². The van der Waals surface area contributed by atoms with E-state index in [0.29, 0.717) is 12.8 Å². The molecule has 11 nitrogen and oxygen atoms in total. The van der Waals surface area contributed by atoms with Crippen LogP contribution in [0.25, 0.3) is 0 Å². The predicted molar refractivity (Wildman–Crippen MR) is 259 cm³/mol. The number of carbonyl (C=O) groups excluding carboxylic acids is 2. The molecular formula is C51H96NO10P. The minimum Gasteiger partial charge on any atom is -0.480 e. The van der Waals surface area contributed by atoms with Crippen molar-refractivity contribution in [3.05, 3.63) is 24.3 Å². The lowest BCUT2D eigenvalue weighted by Gasteiger charge is -2.20. The number of nitrogens with two attached hydrogens (primary N) is 1. The van der Waals surface area contributed by atoms with Crippen LogP contribution in [0, 0.1) is 0 Å². The second-order valence-corrected chi connectivity index (χ2v) is 19.1. The Balaban J connectivity index is 4.22. The number of esters is 2. The smallest absolute Gasteiger partial charge is 0.472 e. The van der Waals surface area contributed by atoms with Crippen molar-refractivity contribution >= 4 is 25.7 Å². The van der Waals surface area contributed by atoms with Crippen LogP contribution in [0.2, 0.25) is 0 Å². The molecule has 0 rings (SSSR count). The fraction of sp³-hybridized carbons (Fsp3) is 0.863. The Morgan fingerprint density at radius 1 is 0.492 bits per heavy atom. The van der Waals surface area contributed by atoms with E-state index in [-0.39, 0.29) is 19.4 Å². The molecule has 370 valence electrons. The Bertz CT molecular complexity index is 1160. The Morgan fingerprint density at radius 2 is 0.841 bits per heavy atom. The van der Waals surface area contributed by atoms with Gasteiger partial charge in [-0.1, -0.05) is 218 Å². The fourth-order valence-corrected chi connectivity index (χ4v) is 8.17. The molecule has 0 aliphatic rings. The first-order chi connectivity index (χ1) is 30.6. The quantitative estimate of drug-likeness (QED) is 0.0230. The third-order valence-corrected chi connectivity index (χ3v) is 12.4. The summed E-state index contributed by atoms with van der Waals surface area (Å²) >= 11 is 0. The number of unbranched alkanes of at least 4 members (excludes halogenated alkanes) is 31. The number of aliphatic carboxylic acids is 1. The predicted octanol–water partition coefficient (Wildman–Crippen LogP) is 14.6. The topological polar surface area (TPSA) is 172 Å². The van der Waals surface area contributed by atoms with Crippen molar-refractivity contribution in [2.45, 2.75) is 264 Å². The average Bonchev–Trinajstić information content (AvgIpc) is 3.26. The molecule has 63 heavy (non-hydrogen) atoms. The molecule has 0 saturated carbocycles. The summed E-state index contributed by atoms with van der Waals surface area (Å²) in [4.78, 5) is 46.2. The van der Waals surface area contributed by atoms with Crippen LogP contribution < -0.4 is 5.73 Å². The van der Waals surface area contributed by atoms with Crippen molar-refractivity contribution in [3.8, 4) is 0 Å². The second-order valence-electron chi connectivity index (χ2n) is 17.7. The molecule has 0 aromatic rings. The maximum atomic E-state index is 12.7. The van der Waals surface area contributed by atoms with E-state index in [0.717, 1.165) is 57.8 Å². The van der Waals surface area contributed by atoms with Crippen LogP contribution in [0.1, 0.15) is 251 Å². The average molecular weight is 914 g/mol. The summed E-state index contributed by atoms with van der Waals surface area (Å²) in [6.07, 6.45) is 51.0. The second kappa shape index (κ2) is 46.5. The minimum atomic E-state index is -4.72. The summed E-state index contributed by atoms with van der Waals surface area (Å²) < 4.78 is 32.9. The van der Waals surface area contributed by atoms with Gasteiger partial charge in [0.1, 0.15) is 12.6 Å². The van der Waals surface area contributed by atoms with Crippen LogP contribution in [-0.2, 0) is 37.5 Å². The summed E-state index contributed by atoms with van der Waals surface area (Å²) in [5.74, 6) is -2.37. The molecule has 0 aromatic carbocycles. The molecule has 0 aromatic heterocycles. The van der Waals surface area contributed by atoms with Gasteiger partial charge in [-0.25, -0.2) is 4.57 Å². The van der Waals surface area contributed by atoms with Gasteiger partial charge in [0.2, 0.25) is 0 Å². The number of carboxylic acids is 1. The van der Waals surface area contributed by atoms with Crippen molar-refractivity contribution in [1.29, 1.82) is 0 Å². The molecule has 3 unspecified atom stereocenters. The molecular weight excluding hydrogens is 818 g/mol. The molecule has 0 bridgehead atoms. The summed E-state index contributed by atoms with van der Waals surface area (Å²) in [5, 5.41) is 8.92. The van der Waals surface area contributed by atoms with E-state index in [4.69, 9.17) is 24.8 Å². The van der Waals surface area contributed by atoms with Crippen molar-refractivity contribution < 1.29 is 47.5 Å². The third-order valence-electron chi connectivity index (χ3n) is 11.5. The van der Waals surface area contributed by atoms with Gasteiger partial charge in [-0.3, -0.25) is 23.4 Å². The molecule has 0 heterocycles. The van der Waals surface area contributed by atoms with Gasteiger partial charge < -0.3 is 25.2 Å². The molecule has 3 atom stereocenters. The number of carboxylic acid groups (broad SMARTS) is 1. The van der Waals surface area contributed by atoms with E-state index in [1.54, 1.807) is 0 Å². The van der Waals surface area contributed by atoms with Gasteiger partial charge in [0, 0.05) is 12.8 Å². The summed E-state index contributed by atoms with van der Waals surface area (Å²) in [6.45, 7) is 2.83. The highest BCUT2D eigenvalue weighted by Gasteiger charge is 2.28. The lowest BCUT2D eigenvalue weighted by molar-refractivity contribution is -0.161. The molecule has 4 N–H and O–H groups in total. The van der Waals surface area contributed by atoms with E-state index in [9.17, 15) is 23.8 Å². The number of phosphoric ester groups is 1. The van der Waals surface area contributed by atoms with Crippen LogP contribution in [0.15, 0.2) is 24.3 Å². The third kappa shape index (κ3) is 46.3. The van der Waals surface area contributed by atoms with Gasteiger partial charge in [-0.2, -0.15) is 0 Å². The lowest BCUT2D eigenvalue weighted by Crippen LogP contribution is -2.34. The van der Waals surface area contributed by atoms with Crippen molar-refractivity contribution in [1.82, 2.24) is 0 Å². The van der Waals surface area contributed by atoms with E-state index in [2.05, 4.69) is 42.7 Å². The van der Waals surface area contributed by atoms with Gasteiger partial charge in [-0.15, -0.1) is 0 Å². The van der Waals surface area contributed by atoms with Crippen LogP contribution in [0.3, 0.4) is 0 Å². The van der Waals surface area contributed by atoms with Crippen LogP contribution >= 0.6 is 7.82 Å². The summed E-state index contributed by atoms with van der Waals surface area (Å²) in [7, 11) is -4.72. The summed E-state index contributed by atoms with van der Waals surface area (Å²) in [5.41, 5.74) is 5.35. The molecule has 0 spiro atoms. The number of allylic oxidation sites excluding steroid dienone is 4. The van der Waals surface area contributed by atoms with Crippen molar-refractivity contribution in [3.63, 3.8) is 0 Å². The fourth-order valence-electron chi connectivity index (χ4n) is 7.39. The molecule has 0 radical (unpaired) electrons. The number of rotatable bonds is 49. The van der Waals surface area contributed by atoms with E-state index >= 15 is 0 Å². The van der Waals surface area contributed by atoms with Crippen molar-refractivity contribution in [2.24, 2.45) is 5.73 Å². The monoisotopic (exact) mass is 914 g/mol. The minimum absolute atomic E-state index is 0.155. The van der Waals surface area contributed by atoms with Crippen LogP contribution in [0.4, 0.5) is 0 Å². The first-order valence-corrected chi connectivity index (χ1v) is 27.4. The van der Waals surface area contributed by atoms with Gasteiger partial charge in [-0.05, 0) is 44.9 Å². The van der Waals surface area contributed by atoms with Gasteiger partial charge in [0.05, 0.1) is 13.2 Å². The molecule has 12 heteroatoms. The molecule has 0 saturated heterocycles. The highest BCUT2D eigenvalue weighted by molar-refractivity contribution is 7.47. The molecule has 0 aliphatic heterocycles. The first kappa shape index (κ1) is 61.0. The Hall–Kier alpha value is -2.04. The maximum absolute atomic E-state index is 12.7. The zero-order valence-corrected chi connectivity index (χ0v) is 41.3. The number of ether oxygens (including phenoxy) is 2. The highest BCUT2D eigenvalue weighted by atomic mass is 31.2. The number of carbonyl (C=O) groups is 3. The Labute approximate surface area is 385 Å².